The van der Waals surface area contributed by atoms with E-state index < -0.39 is 0 Å². The summed E-state index contributed by atoms with van der Waals surface area (Å²) in [6.45, 7) is 5.75. The van der Waals surface area contributed by atoms with Crippen molar-refractivity contribution in [1.29, 1.82) is 0 Å². The van der Waals surface area contributed by atoms with Gasteiger partial charge in [-0.2, -0.15) is 0 Å². The lowest BCUT2D eigenvalue weighted by molar-refractivity contribution is 0.270. The molecule has 0 aliphatic carbocycles. The maximum atomic E-state index is 13.7. The zero-order chi connectivity index (χ0) is 13.9. The van der Waals surface area contributed by atoms with Gasteiger partial charge >= 0.3 is 0 Å². The number of rotatable bonds is 5. The zero-order valence-electron chi connectivity index (χ0n) is 11.8. The Morgan fingerprint density at radius 2 is 2.00 bits per heavy atom. The molecule has 0 aliphatic heterocycles. The molecular formula is C14H23FN2O. The first-order valence-electron chi connectivity index (χ1n) is 6.23. The summed E-state index contributed by atoms with van der Waals surface area (Å²) < 4.78 is 13.7. The van der Waals surface area contributed by atoms with Gasteiger partial charge in [0.25, 0.3) is 0 Å². The second kappa shape index (κ2) is 6.16. The van der Waals surface area contributed by atoms with E-state index in [0.717, 1.165) is 11.3 Å². The van der Waals surface area contributed by atoms with Crippen molar-refractivity contribution in [2.75, 3.05) is 25.6 Å². The molecule has 3 nitrogen and oxygen atoms in total. The average molecular weight is 254 g/mol. The topological polar surface area (TPSA) is 35.5 Å². The minimum absolute atomic E-state index is 0.00216. The van der Waals surface area contributed by atoms with E-state index in [2.05, 4.69) is 5.32 Å². The molecule has 2 unspecified atom stereocenters. The Bertz CT molecular complexity index is 409. The third kappa shape index (κ3) is 3.00. The summed E-state index contributed by atoms with van der Waals surface area (Å²) in [6.07, 6.45) is 0. The maximum absolute atomic E-state index is 13.7. The van der Waals surface area contributed by atoms with E-state index in [4.69, 9.17) is 0 Å². The van der Waals surface area contributed by atoms with Crippen LogP contribution in [0.15, 0.2) is 12.1 Å². The summed E-state index contributed by atoms with van der Waals surface area (Å²) in [6, 6.07) is 3.47. The van der Waals surface area contributed by atoms with Gasteiger partial charge in [-0.3, -0.25) is 0 Å². The van der Waals surface area contributed by atoms with Crippen LogP contribution >= 0.6 is 0 Å². The maximum Gasteiger partial charge on any atom is 0.126 e. The summed E-state index contributed by atoms with van der Waals surface area (Å²) in [4.78, 5) is 1.98. The fraction of sp³-hybridized carbons (Fsp3) is 0.571. The molecule has 0 radical (unpaired) electrons. The van der Waals surface area contributed by atoms with Crippen LogP contribution in [0.25, 0.3) is 0 Å². The summed E-state index contributed by atoms with van der Waals surface area (Å²) in [5, 5.41) is 12.4. The van der Waals surface area contributed by atoms with E-state index in [1.807, 2.05) is 38.9 Å². The Labute approximate surface area is 109 Å². The quantitative estimate of drug-likeness (QED) is 0.846. The van der Waals surface area contributed by atoms with Crippen LogP contribution in [0.5, 0.6) is 0 Å². The second-order valence-electron chi connectivity index (χ2n) is 4.81. The fourth-order valence-electron chi connectivity index (χ4n) is 1.85. The van der Waals surface area contributed by atoms with E-state index >= 15 is 0 Å². The predicted octanol–water partition coefficient (Wildman–Crippen LogP) is 2.23. The molecule has 0 fully saturated rings. The van der Waals surface area contributed by atoms with Crippen LogP contribution in [0.1, 0.15) is 31.0 Å². The number of nitrogens with zero attached hydrogens (tertiary/aromatic N) is 1. The minimum Gasteiger partial charge on any atom is -0.394 e. The van der Waals surface area contributed by atoms with Crippen LogP contribution in [0.2, 0.25) is 0 Å². The second-order valence-corrected chi connectivity index (χ2v) is 4.81. The van der Waals surface area contributed by atoms with Gasteiger partial charge in [-0.1, -0.05) is 0 Å². The van der Waals surface area contributed by atoms with Crippen molar-refractivity contribution in [2.24, 2.45) is 0 Å². The van der Waals surface area contributed by atoms with Crippen LogP contribution in [0.3, 0.4) is 0 Å². The van der Waals surface area contributed by atoms with Gasteiger partial charge in [0.05, 0.1) is 6.61 Å². The van der Waals surface area contributed by atoms with E-state index in [1.165, 1.54) is 0 Å². The van der Waals surface area contributed by atoms with Crippen molar-refractivity contribution in [2.45, 2.75) is 32.9 Å². The molecule has 0 aromatic heterocycles. The first-order chi connectivity index (χ1) is 8.42. The van der Waals surface area contributed by atoms with Gasteiger partial charge in [-0.25, -0.2) is 4.39 Å². The minimum atomic E-state index is -0.194. The highest BCUT2D eigenvalue weighted by atomic mass is 19.1. The summed E-state index contributed by atoms with van der Waals surface area (Å²) in [7, 11) is 3.77. The van der Waals surface area contributed by atoms with Gasteiger partial charge in [0.15, 0.2) is 0 Å². The number of hydrogen-bond acceptors (Lipinski definition) is 3. The number of aliphatic hydroxyl groups is 1. The van der Waals surface area contributed by atoms with E-state index in [-0.39, 0.29) is 24.5 Å². The van der Waals surface area contributed by atoms with Gasteiger partial charge in [0.2, 0.25) is 0 Å². The lowest BCUT2D eigenvalue weighted by Crippen LogP contribution is -2.33. The van der Waals surface area contributed by atoms with E-state index in [1.54, 1.807) is 13.0 Å². The molecule has 1 aromatic rings. The smallest absolute Gasteiger partial charge is 0.126 e. The number of nitrogens with one attached hydrogen (secondary N) is 1. The molecule has 102 valence electrons. The third-order valence-electron chi connectivity index (χ3n) is 3.51. The largest absolute Gasteiger partial charge is 0.394 e. The first kappa shape index (κ1) is 14.9. The number of aryl methyl sites for hydroxylation is 1. The Hall–Kier alpha value is -1.13. The van der Waals surface area contributed by atoms with Gasteiger partial charge in [0, 0.05) is 24.8 Å². The Kier molecular flexibility index (Phi) is 5.11. The summed E-state index contributed by atoms with van der Waals surface area (Å²) >= 11 is 0. The molecule has 0 amide bonds. The van der Waals surface area contributed by atoms with Crippen molar-refractivity contribution in [3.63, 3.8) is 0 Å². The summed E-state index contributed by atoms with van der Waals surface area (Å²) in [5.41, 5.74) is 2.48. The van der Waals surface area contributed by atoms with Crippen LogP contribution in [0.4, 0.5) is 10.1 Å². The zero-order valence-corrected chi connectivity index (χ0v) is 11.8. The fourth-order valence-corrected chi connectivity index (χ4v) is 1.85. The van der Waals surface area contributed by atoms with Gasteiger partial charge in [0.1, 0.15) is 5.82 Å². The standard InChI is InChI=1S/C14H23FN2O/c1-9-6-14(17(5)10(2)8-18)12(7-13(9)15)11(3)16-4/h6-7,10-11,16,18H,8H2,1-5H3. The van der Waals surface area contributed by atoms with Gasteiger partial charge in [-0.05, 0) is 51.1 Å². The highest BCUT2D eigenvalue weighted by Crippen LogP contribution is 2.29. The van der Waals surface area contributed by atoms with Gasteiger partial charge < -0.3 is 15.3 Å². The van der Waals surface area contributed by atoms with Crippen molar-refractivity contribution in [3.05, 3.63) is 29.1 Å². The van der Waals surface area contributed by atoms with Crippen LogP contribution in [0, 0.1) is 12.7 Å². The van der Waals surface area contributed by atoms with Gasteiger partial charge in [-0.15, -0.1) is 0 Å². The molecule has 0 saturated carbocycles. The third-order valence-corrected chi connectivity index (χ3v) is 3.51. The molecule has 4 heteroatoms. The number of hydrogen-bond donors (Lipinski definition) is 2. The average Bonchev–Trinajstić information content (AvgIpc) is 2.38. The summed E-state index contributed by atoms with van der Waals surface area (Å²) in [5.74, 6) is -0.194. The molecule has 2 N–H and O–H groups in total. The molecule has 2 atom stereocenters. The molecular weight excluding hydrogens is 231 g/mol. The monoisotopic (exact) mass is 254 g/mol. The Balaban J connectivity index is 3.27. The first-order valence-corrected chi connectivity index (χ1v) is 6.23. The molecule has 0 bridgehead atoms. The van der Waals surface area contributed by atoms with E-state index in [0.29, 0.717) is 5.56 Å². The van der Waals surface area contributed by atoms with Crippen molar-refractivity contribution < 1.29 is 9.50 Å². The number of anilines is 1. The molecule has 0 spiro atoms. The molecule has 18 heavy (non-hydrogen) atoms. The lowest BCUT2D eigenvalue weighted by Gasteiger charge is -2.30. The Morgan fingerprint density at radius 3 is 2.50 bits per heavy atom. The van der Waals surface area contributed by atoms with Crippen molar-refractivity contribution in [1.82, 2.24) is 5.32 Å². The molecule has 1 rings (SSSR count). The highest BCUT2D eigenvalue weighted by Gasteiger charge is 2.18. The number of halogens is 1. The highest BCUT2D eigenvalue weighted by molar-refractivity contribution is 5.57. The molecule has 0 aliphatic rings. The number of likely N-dealkylation sites (N-methyl/N-ethyl adjacent to an activating group) is 1. The molecule has 1 aromatic carbocycles. The SMILES string of the molecule is CNC(C)c1cc(F)c(C)cc1N(C)C(C)CO. The van der Waals surface area contributed by atoms with Crippen LogP contribution < -0.4 is 10.2 Å². The normalized spacial score (nSPS) is 14.4. The van der Waals surface area contributed by atoms with Crippen LogP contribution in [-0.2, 0) is 0 Å². The molecule has 0 heterocycles. The number of benzene rings is 1. The van der Waals surface area contributed by atoms with Crippen molar-refractivity contribution in [3.8, 4) is 0 Å². The Morgan fingerprint density at radius 1 is 1.39 bits per heavy atom. The van der Waals surface area contributed by atoms with Crippen LogP contribution in [-0.4, -0.2) is 31.9 Å². The lowest BCUT2D eigenvalue weighted by atomic mass is 10.0. The predicted molar refractivity (Wildman–Crippen MR) is 73.6 cm³/mol. The number of aliphatic hydroxyl groups excluding tert-OH is 1. The molecule has 0 saturated heterocycles. The van der Waals surface area contributed by atoms with Crippen molar-refractivity contribution >= 4 is 5.69 Å². The van der Waals surface area contributed by atoms with E-state index in [9.17, 15) is 9.50 Å².